The van der Waals surface area contributed by atoms with Crippen LogP contribution < -0.4 is 15.4 Å². The highest BCUT2D eigenvalue weighted by molar-refractivity contribution is 5.80. The van der Waals surface area contributed by atoms with Gasteiger partial charge in [-0.2, -0.15) is 0 Å². The zero-order valence-corrected chi connectivity index (χ0v) is 12.3. The molecule has 0 aromatic heterocycles. The largest absolute Gasteiger partial charge is 0.497 e. The van der Waals surface area contributed by atoms with Crippen molar-refractivity contribution in [3.63, 3.8) is 0 Å². The summed E-state index contributed by atoms with van der Waals surface area (Å²) >= 11 is 0. The highest BCUT2D eigenvalue weighted by atomic mass is 16.5. The summed E-state index contributed by atoms with van der Waals surface area (Å²) < 4.78 is 5.14. The molecule has 0 saturated heterocycles. The third-order valence-electron chi connectivity index (χ3n) is 3.13. The summed E-state index contributed by atoms with van der Waals surface area (Å²) in [5.41, 5.74) is 3.17. The van der Waals surface area contributed by atoms with Crippen LogP contribution in [0, 0.1) is 6.92 Å². The molecule has 0 aliphatic heterocycles. The minimum atomic E-state index is -0.0432. The van der Waals surface area contributed by atoms with Gasteiger partial charge in [0.1, 0.15) is 5.75 Å². The van der Waals surface area contributed by atoms with Gasteiger partial charge in [0, 0.05) is 18.3 Å². The standard InChI is InChI=1S/C17H20N2O2/c1-13-6-8-14(9-7-13)11-19-17(20)12-18-15-4-3-5-16(10-15)21-2/h3-10,18H,11-12H2,1-2H3,(H,19,20). The fraction of sp³-hybridized carbons (Fsp3) is 0.235. The van der Waals surface area contributed by atoms with Crippen LogP contribution in [0.3, 0.4) is 0 Å². The van der Waals surface area contributed by atoms with Crippen LogP contribution in [-0.4, -0.2) is 19.6 Å². The third-order valence-corrected chi connectivity index (χ3v) is 3.13. The van der Waals surface area contributed by atoms with Crippen molar-refractivity contribution in [1.29, 1.82) is 0 Å². The number of hydrogen-bond donors (Lipinski definition) is 2. The second-order valence-corrected chi connectivity index (χ2v) is 4.85. The molecular weight excluding hydrogens is 264 g/mol. The maximum atomic E-state index is 11.8. The Bertz CT molecular complexity index is 594. The number of benzene rings is 2. The number of aryl methyl sites for hydroxylation is 1. The Morgan fingerprint density at radius 3 is 2.62 bits per heavy atom. The fourth-order valence-electron chi connectivity index (χ4n) is 1.88. The molecule has 0 heterocycles. The number of nitrogens with one attached hydrogen (secondary N) is 2. The number of carbonyl (C=O) groups excluding carboxylic acids is 1. The van der Waals surface area contributed by atoms with E-state index in [-0.39, 0.29) is 12.5 Å². The van der Waals surface area contributed by atoms with Crippen LogP contribution in [0.5, 0.6) is 5.75 Å². The Morgan fingerprint density at radius 2 is 1.90 bits per heavy atom. The molecular formula is C17H20N2O2. The number of amides is 1. The van der Waals surface area contributed by atoms with Gasteiger partial charge in [0.05, 0.1) is 13.7 Å². The van der Waals surface area contributed by atoms with Crippen LogP contribution in [0.2, 0.25) is 0 Å². The molecule has 2 aromatic rings. The highest BCUT2D eigenvalue weighted by Crippen LogP contribution is 2.16. The van der Waals surface area contributed by atoms with E-state index in [1.807, 2.05) is 55.5 Å². The van der Waals surface area contributed by atoms with Gasteiger partial charge in [-0.05, 0) is 24.6 Å². The van der Waals surface area contributed by atoms with Crippen molar-refractivity contribution in [3.05, 3.63) is 59.7 Å². The minimum absolute atomic E-state index is 0.0432. The van der Waals surface area contributed by atoms with E-state index in [0.29, 0.717) is 6.54 Å². The van der Waals surface area contributed by atoms with E-state index in [0.717, 1.165) is 17.0 Å². The van der Waals surface area contributed by atoms with Gasteiger partial charge in [0.2, 0.25) is 5.91 Å². The summed E-state index contributed by atoms with van der Waals surface area (Å²) in [6, 6.07) is 15.6. The molecule has 0 unspecified atom stereocenters. The molecule has 2 N–H and O–H groups in total. The second-order valence-electron chi connectivity index (χ2n) is 4.85. The van der Waals surface area contributed by atoms with E-state index >= 15 is 0 Å². The van der Waals surface area contributed by atoms with E-state index in [2.05, 4.69) is 10.6 Å². The zero-order valence-electron chi connectivity index (χ0n) is 12.3. The van der Waals surface area contributed by atoms with Gasteiger partial charge >= 0.3 is 0 Å². The summed E-state index contributed by atoms with van der Waals surface area (Å²) in [6.45, 7) is 2.82. The zero-order chi connectivity index (χ0) is 15.1. The first-order valence-corrected chi connectivity index (χ1v) is 6.87. The number of rotatable bonds is 6. The van der Waals surface area contributed by atoms with Gasteiger partial charge < -0.3 is 15.4 Å². The molecule has 0 aliphatic carbocycles. The molecule has 110 valence electrons. The minimum Gasteiger partial charge on any atom is -0.497 e. The van der Waals surface area contributed by atoms with Gasteiger partial charge in [-0.15, -0.1) is 0 Å². The molecule has 1 amide bonds. The molecule has 0 atom stereocenters. The number of carbonyl (C=O) groups is 1. The quantitative estimate of drug-likeness (QED) is 0.857. The fourth-order valence-corrected chi connectivity index (χ4v) is 1.88. The summed E-state index contributed by atoms with van der Waals surface area (Å²) in [5, 5.41) is 5.96. The first kappa shape index (κ1) is 14.9. The van der Waals surface area contributed by atoms with Crippen molar-refractivity contribution in [3.8, 4) is 5.75 Å². The Morgan fingerprint density at radius 1 is 1.14 bits per heavy atom. The third kappa shape index (κ3) is 4.84. The highest BCUT2D eigenvalue weighted by Gasteiger charge is 2.02. The van der Waals surface area contributed by atoms with Crippen LogP contribution in [0.1, 0.15) is 11.1 Å². The van der Waals surface area contributed by atoms with E-state index < -0.39 is 0 Å². The molecule has 4 nitrogen and oxygen atoms in total. The molecule has 0 aliphatic rings. The van der Waals surface area contributed by atoms with Gasteiger partial charge in [-0.1, -0.05) is 35.9 Å². The molecule has 2 rings (SSSR count). The normalized spacial score (nSPS) is 10.0. The molecule has 0 fully saturated rings. The smallest absolute Gasteiger partial charge is 0.239 e. The van der Waals surface area contributed by atoms with Crippen molar-refractivity contribution in [2.24, 2.45) is 0 Å². The average Bonchev–Trinajstić information content (AvgIpc) is 2.52. The maximum absolute atomic E-state index is 11.8. The summed E-state index contributed by atoms with van der Waals surface area (Å²) in [6.07, 6.45) is 0. The van der Waals surface area contributed by atoms with Gasteiger partial charge in [-0.3, -0.25) is 4.79 Å². The van der Waals surface area contributed by atoms with Gasteiger partial charge in [-0.25, -0.2) is 0 Å². The molecule has 2 aromatic carbocycles. The van der Waals surface area contributed by atoms with E-state index in [1.165, 1.54) is 5.56 Å². The Balaban J connectivity index is 1.78. The lowest BCUT2D eigenvalue weighted by Crippen LogP contribution is -2.29. The molecule has 0 bridgehead atoms. The molecule has 0 spiro atoms. The first-order chi connectivity index (χ1) is 10.2. The van der Waals surface area contributed by atoms with Crippen molar-refractivity contribution < 1.29 is 9.53 Å². The Labute approximate surface area is 125 Å². The van der Waals surface area contributed by atoms with E-state index in [1.54, 1.807) is 7.11 Å². The number of anilines is 1. The van der Waals surface area contributed by atoms with Crippen molar-refractivity contribution in [2.45, 2.75) is 13.5 Å². The number of ether oxygens (including phenoxy) is 1. The van der Waals surface area contributed by atoms with Crippen LogP contribution in [0.15, 0.2) is 48.5 Å². The van der Waals surface area contributed by atoms with E-state index in [9.17, 15) is 4.79 Å². The topological polar surface area (TPSA) is 50.4 Å². The number of hydrogen-bond acceptors (Lipinski definition) is 3. The molecule has 4 heteroatoms. The average molecular weight is 284 g/mol. The van der Waals surface area contributed by atoms with Crippen LogP contribution in [-0.2, 0) is 11.3 Å². The lowest BCUT2D eigenvalue weighted by Gasteiger charge is -2.09. The SMILES string of the molecule is COc1cccc(NCC(=O)NCc2ccc(C)cc2)c1. The summed E-state index contributed by atoms with van der Waals surface area (Å²) in [5.74, 6) is 0.721. The Hall–Kier alpha value is -2.49. The van der Waals surface area contributed by atoms with Crippen LogP contribution in [0.4, 0.5) is 5.69 Å². The first-order valence-electron chi connectivity index (χ1n) is 6.87. The molecule has 0 radical (unpaired) electrons. The lowest BCUT2D eigenvalue weighted by atomic mass is 10.1. The van der Waals surface area contributed by atoms with Crippen molar-refractivity contribution in [2.75, 3.05) is 19.0 Å². The monoisotopic (exact) mass is 284 g/mol. The molecule has 21 heavy (non-hydrogen) atoms. The molecule has 0 saturated carbocycles. The van der Waals surface area contributed by atoms with Gasteiger partial charge in [0.15, 0.2) is 0 Å². The maximum Gasteiger partial charge on any atom is 0.239 e. The van der Waals surface area contributed by atoms with Crippen LogP contribution in [0.25, 0.3) is 0 Å². The number of methoxy groups -OCH3 is 1. The predicted molar refractivity (Wildman–Crippen MR) is 84.5 cm³/mol. The van der Waals surface area contributed by atoms with Crippen molar-refractivity contribution >= 4 is 11.6 Å². The Kier molecular flexibility index (Phi) is 5.21. The van der Waals surface area contributed by atoms with E-state index in [4.69, 9.17) is 4.74 Å². The summed E-state index contributed by atoms with van der Waals surface area (Å²) in [4.78, 5) is 11.8. The second kappa shape index (κ2) is 7.33. The predicted octanol–water partition coefficient (Wildman–Crippen LogP) is 2.73. The van der Waals surface area contributed by atoms with Gasteiger partial charge in [0.25, 0.3) is 0 Å². The van der Waals surface area contributed by atoms with Crippen LogP contribution >= 0.6 is 0 Å². The van der Waals surface area contributed by atoms with Crippen molar-refractivity contribution in [1.82, 2.24) is 5.32 Å². The lowest BCUT2D eigenvalue weighted by molar-refractivity contribution is -0.119. The summed E-state index contributed by atoms with van der Waals surface area (Å²) in [7, 11) is 1.62.